The van der Waals surface area contributed by atoms with Gasteiger partial charge in [0.15, 0.2) is 0 Å². The van der Waals surface area contributed by atoms with Gasteiger partial charge in [0.05, 0.1) is 56.3 Å². The molecule has 0 saturated heterocycles. The summed E-state index contributed by atoms with van der Waals surface area (Å²) in [4.78, 5) is 86.7. The number of esters is 6. The first kappa shape index (κ1) is 63.6. The average Bonchev–Trinajstić information content (AvgIpc) is 4.13. The second-order valence-corrected chi connectivity index (χ2v) is 21.9. The van der Waals surface area contributed by atoms with E-state index in [1.807, 2.05) is 17.1 Å². The van der Waals surface area contributed by atoms with E-state index in [0.29, 0.717) is 118 Å². The molecule has 0 atom stereocenters. The fourth-order valence-electron chi connectivity index (χ4n) is 9.76. The van der Waals surface area contributed by atoms with Gasteiger partial charge in [-0.25, -0.2) is 24.6 Å². The number of unbranched alkanes of at least 4 members (excludes halogenated alkanes) is 9. The number of benzene rings is 3. The Bertz CT molecular complexity index is 2930. The van der Waals surface area contributed by atoms with Crippen LogP contribution in [-0.2, 0) is 38.2 Å². The van der Waals surface area contributed by atoms with Crippen LogP contribution < -0.4 is 33.4 Å². The average molecular weight is 1170 g/mol. The standard InChI is InChI=1S/C65H78N4O14S/c1-4-7-8-13-39-69(65-68-56-19-18-38-66-60(56)84-65)67-45-50-44-55(82-63(74)48-22-20-46(21-23-48)61(72)80-53-32-28-51(29-33-53)76-40-14-9-11-16-42-78-58(70)5-2)36-37-57(50)83-64(75)49-26-24-47(25-27-49)62(73)81-54-34-30-52(31-35-54)77-41-15-10-12-17-43-79-59(71)6-3/h5-6,18-19,28-38,44-49H,2-4,7-17,20-27,39-43H2,1H3/b67-45+/t46-,47-,48-,49-. The Morgan fingerprint density at radius 2 is 0.988 bits per heavy atom. The van der Waals surface area contributed by atoms with Crippen LogP contribution in [0.4, 0.5) is 5.13 Å². The summed E-state index contributed by atoms with van der Waals surface area (Å²) in [6, 6.07) is 22.4. The molecule has 0 radical (unpaired) electrons. The summed E-state index contributed by atoms with van der Waals surface area (Å²) in [7, 11) is 0. The minimum atomic E-state index is -0.470. The lowest BCUT2D eigenvalue weighted by Gasteiger charge is -2.26. The van der Waals surface area contributed by atoms with Gasteiger partial charge in [-0.1, -0.05) is 50.7 Å². The quantitative estimate of drug-likeness (QED) is 0.00934. The number of thiazole rings is 1. The molecular weight excluding hydrogens is 1090 g/mol. The van der Waals surface area contributed by atoms with Gasteiger partial charge in [-0.3, -0.25) is 19.2 Å². The van der Waals surface area contributed by atoms with Crippen molar-refractivity contribution in [1.29, 1.82) is 0 Å². The molecule has 5 aromatic rings. The molecule has 0 spiro atoms. The minimum Gasteiger partial charge on any atom is -0.494 e. The van der Waals surface area contributed by atoms with Crippen LogP contribution in [0.2, 0.25) is 0 Å². The highest BCUT2D eigenvalue weighted by Crippen LogP contribution is 2.36. The molecule has 2 aliphatic rings. The van der Waals surface area contributed by atoms with E-state index < -0.39 is 35.7 Å². The van der Waals surface area contributed by atoms with Gasteiger partial charge in [0, 0.05) is 30.5 Å². The molecule has 18 nitrogen and oxygen atoms in total. The molecule has 19 heteroatoms. The zero-order valence-electron chi connectivity index (χ0n) is 48.1. The summed E-state index contributed by atoms with van der Waals surface area (Å²) < 4.78 is 45.3. The zero-order valence-corrected chi connectivity index (χ0v) is 48.9. The predicted molar refractivity (Wildman–Crippen MR) is 319 cm³/mol. The van der Waals surface area contributed by atoms with E-state index in [1.54, 1.807) is 79.1 Å². The fourth-order valence-corrected chi connectivity index (χ4v) is 10.7. The lowest BCUT2D eigenvalue weighted by Crippen LogP contribution is -2.30. The smallest absolute Gasteiger partial charge is 0.330 e. The molecular formula is C65H78N4O14S. The topological polar surface area (TPSA) is 218 Å². The maximum atomic E-state index is 13.9. The zero-order chi connectivity index (χ0) is 59.3. The molecule has 0 bridgehead atoms. The number of hydrogen-bond acceptors (Lipinski definition) is 19. The monoisotopic (exact) mass is 1170 g/mol. The minimum absolute atomic E-state index is 0.230. The van der Waals surface area contributed by atoms with Crippen LogP contribution in [-0.4, -0.2) is 85.0 Å². The third-order valence-corrected chi connectivity index (χ3v) is 15.6. The van der Waals surface area contributed by atoms with E-state index in [4.69, 9.17) is 48.0 Å². The third-order valence-electron chi connectivity index (χ3n) is 14.7. The van der Waals surface area contributed by atoms with Crippen LogP contribution in [0, 0.1) is 23.7 Å². The van der Waals surface area contributed by atoms with Crippen molar-refractivity contribution in [2.45, 2.75) is 135 Å². The summed E-state index contributed by atoms with van der Waals surface area (Å²) in [6.45, 7) is 11.3. The molecule has 2 aliphatic carbocycles. The SMILES string of the molecule is C=CC(=O)OCCCCCCOc1ccc(OC(=O)[C@H]2CC[C@H](C(=O)Oc3ccc(OC(=O)[C@H]4CC[C@H](C(=O)Oc5ccc(OCCCCCCOC(=O)C=C)cc5)CC4)c(/C=N/N(CCCCCC)c4nc5cccnc5s4)c3)CC2)cc1. The van der Waals surface area contributed by atoms with Crippen LogP contribution in [0.15, 0.2) is 115 Å². The molecule has 0 aliphatic heterocycles. The Hall–Kier alpha value is -7.93. The number of hydrazone groups is 1. The number of anilines is 1. The van der Waals surface area contributed by atoms with Gasteiger partial charge in [-0.05, 0) is 188 Å². The highest BCUT2D eigenvalue weighted by atomic mass is 32.1. The molecule has 0 unspecified atom stereocenters. The first-order chi connectivity index (χ1) is 41.0. The normalized spacial score (nSPS) is 16.7. The molecule has 84 heavy (non-hydrogen) atoms. The van der Waals surface area contributed by atoms with Crippen LogP contribution in [0.1, 0.15) is 141 Å². The first-order valence-corrected chi connectivity index (χ1v) is 30.4. The second kappa shape index (κ2) is 34.6. The van der Waals surface area contributed by atoms with Crippen LogP contribution in [0.25, 0.3) is 10.3 Å². The van der Waals surface area contributed by atoms with Crippen molar-refractivity contribution >= 4 is 68.8 Å². The molecule has 2 heterocycles. The summed E-state index contributed by atoms with van der Waals surface area (Å²) in [6.07, 6.45) is 20.1. The number of carbonyl (C=O) groups excluding carboxylic acids is 6. The maximum absolute atomic E-state index is 13.9. The maximum Gasteiger partial charge on any atom is 0.330 e. The molecule has 0 amide bonds. The third kappa shape index (κ3) is 21.0. The van der Waals surface area contributed by atoms with Crippen LogP contribution >= 0.6 is 11.3 Å². The van der Waals surface area contributed by atoms with Crippen LogP contribution in [0.3, 0.4) is 0 Å². The van der Waals surface area contributed by atoms with Crippen molar-refractivity contribution in [3.8, 4) is 34.5 Å². The van der Waals surface area contributed by atoms with E-state index in [2.05, 4.69) is 25.1 Å². The summed E-state index contributed by atoms with van der Waals surface area (Å²) in [5.41, 5.74) is 1.16. The van der Waals surface area contributed by atoms with Crippen molar-refractivity contribution < 1.29 is 66.7 Å². The second-order valence-electron chi connectivity index (χ2n) is 20.9. The summed E-state index contributed by atoms with van der Waals surface area (Å²) in [5, 5.41) is 7.38. The van der Waals surface area contributed by atoms with Crippen molar-refractivity contribution in [3.05, 3.63) is 116 Å². The number of pyridine rings is 1. The number of aromatic nitrogens is 2. The van der Waals surface area contributed by atoms with Gasteiger partial charge in [0.1, 0.15) is 44.8 Å². The highest BCUT2D eigenvalue weighted by molar-refractivity contribution is 7.21. The Kier molecular flexibility index (Phi) is 26.2. The molecule has 448 valence electrons. The Morgan fingerprint density at radius 1 is 0.548 bits per heavy atom. The van der Waals surface area contributed by atoms with E-state index in [0.717, 1.165) is 99.5 Å². The number of hydrogen-bond donors (Lipinski definition) is 0. The van der Waals surface area contributed by atoms with Gasteiger partial charge in [-0.2, -0.15) is 5.10 Å². The van der Waals surface area contributed by atoms with Gasteiger partial charge >= 0.3 is 35.8 Å². The van der Waals surface area contributed by atoms with E-state index in [-0.39, 0.29) is 35.3 Å². The van der Waals surface area contributed by atoms with Gasteiger partial charge in [0.25, 0.3) is 0 Å². The lowest BCUT2D eigenvalue weighted by molar-refractivity contribution is -0.145. The van der Waals surface area contributed by atoms with E-state index in [9.17, 15) is 28.8 Å². The molecule has 3 aromatic carbocycles. The lowest BCUT2D eigenvalue weighted by atomic mass is 9.82. The molecule has 7 rings (SSSR count). The number of carbonyl (C=O) groups is 6. The summed E-state index contributed by atoms with van der Waals surface area (Å²) in [5.74, 6) is -1.48. The number of fused-ring (bicyclic) bond motifs is 1. The highest BCUT2D eigenvalue weighted by Gasteiger charge is 2.34. The van der Waals surface area contributed by atoms with Crippen LogP contribution in [0.5, 0.6) is 34.5 Å². The molecule has 0 N–H and O–H groups in total. The van der Waals surface area contributed by atoms with Crippen molar-refractivity contribution in [3.63, 3.8) is 0 Å². The van der Waals surface area contributed by atoms with E-state index >= 15 is 0 Å². The predicted octanol–water partition coefficient (Wildman–Crippen LogP) is 13.1. The number of rotatable bonds is 34. The molecule has 2 aromatic heterocycles. The number of ether oxygens (including phenoxy) is 8. The van der Waals surface area contributed by atoms with Crippen molar-refractivity contribution in [2.24, 2.45) is 28.8 Å². The van der Waals surface area contributed by atoms with Crippen molar-refractivity contribution in [2.75, 3.05) is 38.0 Å². The summed E-state index contributed by atoms with van der Waals surface area (Å²) >= 11 is 1.43. The largest absolute Gasteiger partial charge is 0.494 e. The Morgan fingerprint density at radius 3 is 1.46 bits per heavy atom. The first-order valence-electron chi connectivity index (χ1n) is 29.6. The fraction of sp³-hybridized carbons (Fsp3) is 0.462. The number of nitrogens with zero attached hydrogens (tertiary/aromatic N) is 4. The van der Waals surface area contributed by atoms with Crippen molar-refractivity contribution in [1.82, 2.24) is 9.97 Å². The van der Waals surface area contributed by atoms with E-state index in [1.165, 1.54) is 11.3 Å². The van der Waals surface area contributed by atoms with Gasteiger partial charge in [-0.15, -0.1) is 0 Å². The van der Waals surface area contributed by atoms with Gasteiger partial charge in [0.2, 0.25) is 5.13 Å². The molecule has 2 fully saturated rings. The molecule has 2 saturated carbocycles. The Labute approximate surface area is 495 Å². The van der Waals surface area contributed by atoms with Gasteiger partial charge < -0.3 is 37.9 Å². The Balaban J connectivity index is 0.911.